The van der Waals surface area contributed by atoms with Crippen LogP contribution >= 0.6 is 11.6 Å². The van der Waals surface area contributed by atoms with Gasteiger partial charge in [-0.15, -0.1) is 0 Å². The lowest BCUT2D eigenvalue weighted by Crippen LogP contribution is -2.37. The highest BCUT2D eigenvalue weighted by atomic mass is 35.5. The number of nitrogens with zero attached hydrogens (tertiary/aromatic N) is 3. The van der Waals surface area contributed by atoms with Crippen LogP contribution in [0.15, 0.2) is 48.7 Å². The molecule has 1 N–H and O–H groups in total. The Balaban J connectivity index is 2.09. The second-order valence-corrected chi connectivity index (χ2v) is 8.71. The van der Waals surface area contributed by atoms with Crippen LogP contribution in [0, 0.1) is 0 Å². The van der Waals surface area contributed by atoms with E-state index >= 15 is 0 Å². The number of anilines is 2. The second kappa shape index (κ2) is 8.60. The van der Waals surface area contributed by atoms with Crippen molar-refractivity contribution in [3.05, 3.63) is 59.2 Å². The summed E-state index contributed by atoms with van der Waals surface area (Å²) >= 11 is 6.17. The van der Waals surface area contributed by atoms with Crippen LogP contribution < -0.4 is 4.90 Å². The summed E-state index contributed by atoms with van der Waals surface area (Å²) in [4.78, 5) is 9.01. The van der Waals surface area contributed by atoms with E-state index in [-0.39, 0.29) is 5.54 Å². The smallest absolute Gasteiger partial charge is 0.122 e. The van der Waals surface area contributed by atoms with Gasteiger partial charge in [-0.25, -0.2) is 0 Å². The zero-order chi connectivity index (χ0) is 21.2. The highest BCUT2D eigenvalue weighted by molar-refractivity contribution is 6.31. The number of aromatic nitrogens is 1. The fourth-order valence-corrected chi connectivity index (χ4v) is 3.87. The van der Waals surface area contributed by atoms with E-state index in [9.17, 15) is 5.11 Å². The van der Waals surface area contributed by atoms with Gasteiger partial charge in [0.2, 0.25) is 0 Å². The van der Waals surface area contributed by atoms with Gasteiger partial charge in [0, 0.05) is 46.0 Å². The molecule has 3 aromatic rings. The number of rotatable bonds is 6. The third-order valence-electron chi connectivity index (χ3n) is 5.21. The van der Waals surface area contributed by atoms with Gasteiger partial charge in [-0.3, -0.25) is 9.88 Å². The maximum atomic E-state index is 10.8. The quantitative estimate of drug-likeness (QED) is 0.511. The Morgan fingerprint density at radius 3 is 2.34 bits per heavy atom. The summed E-state index contributed by atoms with van der Waals surface area (Å²) in [7, 11) is 0. The molecule has 154 valence electrons. The third kappa shape index (κ3) is 4.65. The number of benzene rings is 2. The van der Waals surface area contributed by atoms with Gasteiger partial charge in [0.05, 0.1) is 11.2 Å². The normalized spacial score (nSPS) is 12.0. The summed E-state index contributed by atoms with van der Waals surface area (Å²) in [5, 5.41) is 12.5. The number of phenols is 1. The Morgan fingerprint density at radius 2 is 1.72 bits per heavy atom. The van der Waals surface area contributed by atoms with Crippen molar-refractivity contribution >= 4 is 33.9 Å². The first-order valence-corrected chi connectivity index (χ1v) is 10.5. The number of hydrogen-bond acceptors (Lipinski definition) is 4. The van der Waals surface area contributed by atoms with Gasteiger partial charge in [-0.1, -0.05) is 31.5 Å². The van der Waals surface area contributed by atoms with Crippen LogP contribution in [-0.2, 0) is 6.54 Å². The van der Waals surface area contributed by atoms with Crippen molar-refractivity contribution in [2.75, 3.05) is 18.0 Å². The molecule has 0 atom stereocenters. The molecular weight excluding hydrogens is 382 g/mol. The van der Waals surface area contributed by atoms with Gasteiger partial charge in [-0.05, 0) is 64.2 Å². The molecule has 0 saturated heterocycles. The van der Waals surface area contributed by atoms with Crippen LogP contribution in [0.3, 0.4) is 0 Å². The summed E-state index contributed by atoms with van der Waals surface area (Å²) in [6.07, 6.45) is 1.81. The molecule has 1 aromatic heterocycles. The standard InChI is InChI=1S/C24H30ClN3O/c1-6-27(7-2)16-17-8-10-19(15-23(17)29)28(24(3,4)5)22-12-13-26-21-14-18(25)9-11-20(21)22/h8-15,29H,6-7,16H2,1-5H3. The minimum atomic E-state index is -0.208. The van der Waals surface area contributed by atoms with Gasteiger partial charge in [-0.2, -0.15) is 0 Å². The molecule has 3 rings (SSSR count). The maximum absolute atomic E-state index is 10.8. The molecule has 0 amide bonds. The Hall–Kier alpha value is -2.30. The van der Waals surface area contributed by atoms with Crippen LogP contribution in [0.2, 0.25) is 5.02 Å². The van der Waals surface area contributed by atoms with Gasteiger partial charge in [0.1, 0.15) is 5.75 Å². The van der Waals surface area contributed by atoms with E-state index < -0.39 is 0 Å². The van der Waals surface area contributed by atoms with E-state index in [1.54, 1.807) is 6.20 Å². The van der Waals surface area contributed by atoms with Crippen molar-refractivity contribution in [3.63, 3.8) is 0 Å². The average molecular weight is 412 g/mol. The molecule has 0 aliphatic heterocycles. The highest BCUT2D eigenvalue weighted by Gasteiger charge is 2.26. The first kappa shape index (κ1) is 21.4. The van der Waals surface area contributed by atoms with Crippen molar-refractivity contribution in [1.29, 1.82) is 0 Å². The fraction of sp³-hybridized carbons (Fsp3) is 0.375. The number of halogens is 1. The number of phenolic OH excluding ortho intramolecular Hbond substituents is 1. The summed E-state index contributed by atoms with van der Waals surface area (Å²) in [6, 6.07) is 13.8. The molecule has 29 heavy (non-hydrogen) atoms. The molecule has 0 aliphatic rings. The zero-order valence-corrected chi connectivity index (χ0v) is 18.7. The van der Waals surface area contributed by atoms with Crippen molar-refractivity contribution in [2.24, 2.45) is 0 Å². The first-order chi connectivity index (χ1) is 13.7. The molecular formula is C24H30ClN3O. The molecule has 0 bridgehead atoms. The van der Waals surface area contributed by atoms with Crippen LogP contribution in [0.5, 0.6) is 5.75 Å². The van der Waals surface area contributed by atoms with Crippen molar-refractivity contribution in [1.82, 2.24) is 9.88 Å². The van der Waals surface area contributed by atoms with Crippen LogP contribution in [-0.4, -0.2) is 33.6 Å². The Bertz CT molecular complexity index is 993. The lowest BCUT2D eigenvalue weighted by Gasteiger charge is -2.38. The monoisotopic (exact) mass is 411 g/mol. The van der Waals surface area contributed by atoms with E-state index in [4.69, 9.17) is 11.6 Å². The van der Waals surface area contributed by atoms with Crippen molar-refractivity contribution in [3.8, 4) is 5.75 Å². The summed E-state index contributed by atoms with van der Waals surface area (Å²) in [5.41, 5.74) is 3.57. The minimum Gasteiger partial charge on any atom is -0.508 e. The van der Waals surface area contributed by atoms with Gasteiger partial charge in [0.15, 0.2) is 0 Å². The minimum absolute atomic E-state index is 0.208. The Morgan fingerprint density at radius 1 is 1.00 bits per heavy atom. The van der Waals surface area contributed by atoms with Crippen LogP contribution in [0.25, 0.3) is 10.9 Å². The Labute approximate surface area is 178 Å². The molecule has 1 heterocycles. The molecule has 0 radical (unpaired) electrons. The Kier molecular flexibility index (Phi) is 6.35. The highest BCUT2D eigenvalue weighted by Crippen LogP contribution is 2.39. The zero-order valence-electron chi connectivity index (χ0n) is 17.9. The van der Waals surface area contributed by atoms with Crippen LogP contribution in [0.1, 0.15) is 40.2 Å². The topological polar surface area (TPSA) is 39.6 Å². The second-order valence-electron chi connectivity index (χ2n) is 8.27. The number of fused-ring (bicyclic) bond motifs is 1. The summed E-state index contributed by atoms with van der Waals surface area (Å²) in [5.74, 6) is 0.324. The van der Waals surface area contributed by atoms with E-state index in [1.165, 1.54) is 0 Å². The molecule has 4 nitrogen and oxygen atoms in total. The predicted molar refractivity (Wildman–Crippen MR) is 123 cm³/mol. The lowest BCUT2D eigenvalue weighted by atomic mass is 10.0. The summed E-state index contributed by atoms with van der Waals surface area (Å²) < 4.78 is 0. The largest absolute Gasteiger partial charge is 0.508 e. The molecule has 2 aromatic carbocycles. The molecule has 0 fully saturated rings. The SMILES string of the molecule is CCN(CC)Cc1ccc(N(c2ccnc3cc(Cl)ccc23)C(C)(C)C)cc1O. The van der Waals surface area contributed by atoms with E-state index in [1.807, 2.05) is 36.4 Å². The molecule has 5 heteroatoms. The van der Waals surface area contributed by atoms with E-state index in [0.29, 0.717) is 10.8 Å². The number of aromatic hydroxyl groups is 1. The maximum Gasteiger partial charge on any atom is 0.122 e. The van der Waals surface area contributed by atoms with Crippen LogP contribution in [0.4, 0.5) is 11.4 Å². The van der Waals surface area contributed by atoms with Crippen molar-refractivity contribution < 1.29 is 5.11 Å². The van der Waals surface area contributed by atoms with Gasteiger partial charge in [0.25, 0.3) is 0 Å². The first-order valence-electron chi connectivity index (χ1n) is 10.1. The molecule has 0 unspecified atom stereocenters. The van der Waals surface area contributed by atoms with Crippen molar-refractivity contribution in [2.45, 2.75) is 46.7 Å². The average Bonchev–Trinajstić information content (AvgIpc) is 2.66. The fourth-order valence-electron chi connectivity index (χ4n) is 3.70. The molecule has 0 saturated carbocycles. The summed E-state index contributed by atoms with van der Waals surface area (Å²) in [6.45, 7) is 13.4. The van der Waals surface area contributed by atoms with Gasteiger partial charge < -0.3 is 10.0 Å². The molecule has 0 spiro atoms. The lowest BCUT2D eigenvalue weighted by molar-refractivity contribution is 0.291. The molecule has 0 aliphatic carbocycles. The van der Waals surface area contributed by atoms with E-state index in [2.05, 4.69) is 55.5 Å². The van der Waals surface area contributed by atoms with E-state index in [0.717, 1.165) is 47.5 Å². The predicted octanol–water partition coefficient (Wildman–Crippen LogP) is 6.37. The number of hydrogen-bond donors (Lipinski definition) is 1. The number of pyridine rings is 1. The third-order valence-corrected chi connectivity index (χ3v) is 5.44. The van der Waals surface area contributed by atoms with Gasteiger partial charge >= 0.3 is 0 Å².